The Morgan fingerprint density at radius 2 is 1.71 bits per heavy atom. The van der Waals surface area contributed by atoms with E-state index in [2.05, 4.69) is 0 Å². The highest BCUT2D eigenvalue weighted by atomic mass is 16.5. The second kappa shape index (κ2) is 9.83. The first kappa shape index (κ1) is 22.6. The Labute approximate surface area is 181 Å². The van der Waals surface area contributed by atoms with Crippen LogP contribution in [0.5, 0.6) is 17.2 Å². The minimum Gasteiger partial charge on any atom is -0.508 e. The number of ketones is 1. The molecule has 1 aliphatic rings. The maximum absolute atomic E-state index is 13.3. The fraction of sp³-hybridized carbons (Fsp3) is 0.417. The van der Waals surface area contributed by atoms with Crippen LogP contribution in [0.25, 0.3) is 0 Å². The first-order valence-electron chi connectivity index (χ1n) is 10.5. The molecule has 2 aromatic rings. The topological polar surface area (TPSA) is 107 Å². The number of likely N-dealkylation sites (tertiary alicyclic amines) is 1. The van der Waals surface area contributed by atoms with E-state index in [4.69, 9.17) is 4.74 Å². The predicted octanol–water partition coefficient (Wildman–Crippen LogP) is 2.67. The van der Waals surface area contributed by atoms with Crippen molar-refractivity contribution in [2.75, 3.05) is 26.8 Å². The number of rotatable bonds is 7. The van der Waals surface area contributed by atoms with Crippen molar-refractivity contribution in [3.8, 4) is 17.2 Å². The van der Waals surface area contributed by atoms with E-state index in [1.807, 2.05) is 6.92 Å². The Balaban J connectivity index is 1.96. The Morgan fingerprint density at radius 1 is 1.06 bits per heavy atom. The lowest BCUT2D eigenvalue weighted by atomic mass is 9.89. The molecule has 31 heavy (non-hydrogen) atoms. The van der Waals surface area contributed by atoms with Crippen molar-refractivity contribution in [1.29, 1.82) is 0 Å². The molecule has 0 spiro atoms. The SMILES string of the molecule is CCc1c(O)cc(O)c(C(=O)c2ccc(OC)cc2)c1CC(=O)N1CCC(CO)CC1. The molecule has 0 radical (unpaired) electrons. The number of carbonyl (C=O) groups is 2. The lowest BCUT2D eigenvalue weighted by Gasteiger charge is -2.31. The number of piperidine rings is 1. The number of nitrogens with zero attached hydrogens (tertiary/aromatic N) is 1. The second-order valence-electron chi connectivity index (χ2n) is 7.84. The first-order valence-corrected chi connectivity index (χ1v) is 10.5. The maximum atomic E-state index is 13.3. The van der Waals surface area contributed by atoms with E-state index in [1.54, 1.807) is 29.2 Å². The van der Waals surface area contributed by atoms with Gasteiger partial charge >= 0.3 is 0 Å². The number of amides is 1. The summed E-state index contributed by atoms with van der Waals surface area (Å²) in [6.07, 6.45) is 1.77. The molecule has 0 saturated carbocycles. The Morgan fingerprint density at radius 3 is 2.26 bits per heavy atom. The third-order valence-corrected chi connectivity index (χ3v) is 5.99. The third-order valence-electron chi connectivity index (χ3n) is 5.99. The van der Waals surface area contributed by atoms with Crippen LogP contribution in [0.2, 0.25) is 0 Å². The Bertz CT molecular complexity index is 946. The second-order valence-corrected chi connectivity index (χ2v) is 7.84. The van der Waals surface area contributed by atoms with Gasteiger partial charge in [-0.2, -0.15) is 0 Å². The van der Waals surface area contributed by atoms with E-state index in [0.717, 1.165) is 18.9 Å². The summed E-state index contributed by atoms with van der Waals surface area (Å²) in [4.78, 5) is 28.0. The molecule has 1 fully saturated rings. The quantitative estimate of drug-likeness (QED) is 0.587. The van der Waals surface area contributed by atoms with E-state index in [0.29, 0.717) is 42.0 Å². The number of aromatic hydroxyl groups is 2. The summed E-state index contributed by atoms with van der Waals surface area (Å²) in [5, 5.41) is 30.2. The van der Waals surface area contributed by atoms with Gasteiger partial charge in [0.05, 0.1) is 19.1 Å². The predicted molar refractivity (Wildman–Crippen MR) is 116 cm³/mol. The monoisotopic (exact) mass is 427 g/mol. The van der Waals surface area contributed by atoms with Gasteiger partial charge in [0, 0.05) is 31.3 Å². The zero-order valence-electron chi connectivity index (χ0n) is 17.9. The molecule has 0 unspecified atom stereocenters. The minimum atomic E-state index is -0.420. The Hall–Kier alpha value is -3.06. The molecule has 7 heteroatoms. The van der Waals surface area contributed by atoms with Gasteiger partial charge in [-0.1, -0.05) is 6.92 Å². The number of phenolic OH excluding ortho intramolecular Hbond substituents is 2. The van der Waals surface area contributed by atoms with Crippen LogP contribution in [0.3, 0.4) is 0 Å². The van der Waals surface area contributed by atoms with Gasteiger partial charge in [0.15, 0.2) is 5.78 Å². The van der Waals surface area contributed by atoms with Gasteiger partial charge in [-0.3, -0.25) is 9.59 Å². The normalized spacial score (nSPS) is 14.5. The van der Waals surface area contributed by atoms with Crippen molar-refractivity contribution in [3.05, 3.63) is 52.6 Å². The van der Waals surface area contributed by atoms with E-state index in [9.17, 15) is 24.9 Å². The van der Waals surface area contributed by atoms with Gasteiger partial charge in [0.25, 0.3) is 0 Å². The highest BCUT2D eigenvalue weighted by molar-refractivity contribution is 6.12. The number of hydrogen-bond acceptors (Lipinski definition) is 6. The summed E-state index contributed by atoms with van der Waals surface area (Å²) in [5.74, 6) is -0.267. The molecule has 0 bridgehead atoms. The number of aliphatic hydroxyl groups is 1. The van der Waals surface area contributed by atoms with Crippen LogP contribution in [-0.4, -0.2) is 58.7 Å². The summed E-state index contributed by atoms with van der Waals surface area (Å²) >= 11 is 0. The number of ether oxygens (including phenoxy) is 1. The van der Waals surface area contributed by atoms with Crippen LogP contribution in [0.4, 0.5) is 0 Å². The molecular weight excluding hydrogens is 398 g/mol. The smallest absolute Gasteiger partial charge is 0.227 e. The van der Waals surface area contributed by atoms with Gasteiger partial charge < -0.3 is 25.0 Å². The Kier molecular flexibility index (Phi) is 7.17. The van der Waals surface area contributed by atoms with Crippen molar-refractivity contribution < 1.29 is 29.6 Å². The lowest BCUT2D eigenvalue weighted by Crippen LogP contribution is -2.40. The average molecular weight is 427 g/mol. The number of benzene rings is 2. The molecule has 7 nitrogen and oxygen atoms in total. The molecular formula is C24H29NO6. The first-order chi connectivity index (χ1) is 14.9. The fourth-order valence-electron chi connectivity index (χ4n) is 4.11. The summed E-state index contributed by atoms with van der Waals surface area (Å²) in [5.41, 5.74) is 1.23. The molecule has 1 saturated heterocycles. The summed E-state index contributed by atoms with van der Waals surface area (Å²) in [6, 6.07) is 7.67. The number of hydrogen-bond donors (Lipinski definition) is 3. The molecule has 1 amide bonds. The van der Waals surface area contributed by atoms with Gasteiger partial charge in [-0.15, -0.1) is 0 Å². The molecule has 3 N–H and O–H groups in total. The highest BCUT2D eigenvalue weighted by Crippen LogP contribution is 2.35. The minimum absolute atomic E-state index is 0.0402. The molecule has 0 aliphatic carbocycles. The molecule has 1 heterocycles. The fourth-order valence-corrected chi connectivity index (χ4v) is 4.11. The number of phenols is 2. The zero-order valence-corrected chi connectivity index (χ0v) is 17.9. The lowest BCUT2D eigenvalue weighted by molar-refractivity contribution is -0.132. The summed E-state index contributed by atoms with van der Waals surface area (Å²) in [7, 11) is 1.53. The van der Waals surface area contributed by atoms with Gasteiger partial charge in [0.2, 0.25) is 5.91 Å². The van der Waals surface area contributed by atoms with Crippen LogP contribution in [0.1, 0.15) is 46.8 Å². The largest absolute Gasteiger partial charge is 0.508 e. The maximum Gasteiger partial charge on any atom is 0.227 e. The van der Waals surface area contributed by atoms with E-state index >= 15 is 0 Å². The zero-order chi connectivity index (χ0) is 22.5. The standard InChI is InChI=1S/C24H29NO6/c1-3-18-19(12-22(29)25-10-8-15(14-26)9-11-25)23(21(28)13-20(18)27)24(30)16-4-6-17(31-2)7-5-16/h4-7,13,15,26-28H,3,8-12,14H2,1-2H3. The molecule has 0 aromatic heterocycles. The molecule has 166 valence electrons. The molecule has 1 aliphatic heterocycles. The highest BCUT2D eigenvalue weighted by Gasteiger charge is 2.28. The van der Waals surface area contributed by atoms with Crippen molar-refractivity contribution in [2.24, 2.45) is 5.92 Å². The van der Waals surface area contributed by atoms with Gasteiger partial charge in [-0.25, -0.2) is 0 Å². The van der Waals surface area contributed by atoms with Crippen molar-refractivity contribution >= 4 is 11.7 Å². The van der Waals surface area contributed by atoms with Crippen molar-refractivity contribution in [3.63, 3.8) is 0 Å². The average Bonchev–Trinajstić information content (AvgIpc) is 2.79. The number of carbonyl (C=O) groups excluding carboxylic acids is 2. The summed E-state index contributed by atoms with van der Waals surface area (Å²) in [6.45, 7) is 3.02. The van der Waals surface area contributed by atoms with Crippen LogP contribution < -0.4 is 4.74 Å². The summed E-state index contributed by atoms with van der Waals surface area (Å²) < 4.78 is 5.13. The molecule has 0 atom stereocenters. The van der Waals surface area contributed by atoms with Crippen molar-refractivity contribution in [2.45, 2.75) is 32.6 Å². The van der Waals surface area contributed by atoms with Crippen molar-refractivity contribution in [1.82, 2.24) is 4.90 Å². The van der Waals surface area contributed by atoms with Gasteiger partial charge in [0.1, 0.15) is 17.2 Å². The van der Waals surface area contributed by atoms with Crippen LogP contribution >= 0.6 is 0 Å². The number of aliphatic hydroxyl groups excluding tert-OH is 1. The van der Waals surface area contributed by atoms with E-state index in [-0.39, 0.29) is 41.9 Å². The van der Waals surface area contributed by atoms with Crippen LogP contribution in [0, 0.1) is 5.92 Å². The van der Waals surface area contributed by atoms with E-state index in [1.165, 1.54) is 7.11 Å². The number of methoxy groups -OCH3 is 1. The van der Waals surface area contributed by atoms with Crippen LogP contribution in [-0.2, 0) is 17.6 Å². The van der Waals surface area contributed by atoms with Crippen LogP contribution in [0.15, 0.2) is 30.3 Å². The third kappa shape index (κ3) is 4.82. The molecule has 2 aromatic carbocycles. The van der Waals surface area contributed by atoms with E-state index < -0.39 is 5.78 Å². The van der Waals surface area contributed by atoms with Gasteiger partial charge in [-0.05, 0) is 60.6 Å². The molecule has 3 rings (SSSR count).